The lowest BCUT2D eigenvalue weighted by molar-refractivity contribution is 0.170. The lowest BCUT2D eigenvalue weighted by Gasteiger charge is -2.25. The Labute approximate surface area is 114 Å². The Hall–Kier alpha value is -0.410. The molecular weight excluding hydrogens is 303 g/mol. The van der Waals surface area contributed by atoms with Gasteiger partial charge in [-0.3, -0.25) is 0 Å². The van der Waals surface area contributed by atoms with Crippen molar-refractivity contribution in [2.75, 3.05) is 13.2 Å². The molecule has 0 N–H and O–H groups in total. The first-order chi connectivity index (χ1) is 8.00. The first-order valence-corrected chi connectivity index (χ1v) is 7.06. The highest BCUT2D eigenvalue weighted by molar-refractivity contribution is 9.09. The maximum Gasteiger partial charge on any atom is 0.166 e. The van der Waals surface area contributed by atoms with E-state index in [1.165, 1.54) is 11.1 Å². The van der Waals surface area contributed by atoms with E-state index in [4.69, 9.17) is 21.1 Å². The Bertz CT molecular complexity index is 485. The molecule has 0 aromatic heterocycles. The summed E-state index contributed by atoms with van der Waals surface area (Å²) >= 11 is 10.1. The molecule has 1 aromatic carbocycles. The lowest BCUT2D eigenvalue weighted by atomic mass is 9.86. The molecule has 92 valence electrons. The summed E-state index contributed by atoms with van der Waals surface area (Å²) in [6, 6.07) is 1.89. The minimum atomic E-state index is 0.0798. The number of fused-ring (bicyclic) bond motifs is 3. The van der Waals surface area contributed by atoms with Crippen LogP contribution in [0.2, 0.25) is 5.02 Å². The SMILES string of the molecule is CC1(C)CC(Br)c2c3c(cc(Cl)c21)OCCO3. The molecule has 0 fully saturated rings. The molecule has 1 atom stereocenters. The molecule has 2 aliphatic rings. The zero-order valence-corrected chi connectivity index (χ0v) is 12.2. The molecule has 1 aliphatic carbocycles. The molecule has 0 saturated carbocycles. The van der Waals surface area contributed by atoms with Crippen LogP contribution in [-0.4, -0.2) is 13.2 Å². The highest BCUT2D eigenvalue weighted by atomic mass is 79.9. The third-order valence-electron chi connectivity index (χ3n) is 3.50. The van der Waals surface area contributed by atoms with E-state index >= 15 is 0 Å². The van der Waals surface area contributed by atoms with Crippen LogP contribution in [-0.2, 0) is 5.41 Å². The number of hydrogen-bond acceptors (Lipinski definition) is 2. The molecule has 0 bridgehead atoms. The van der Waals surface area contributed by atoms with Crippen LogP contribution in [0.5, 0.6) is 11.5 Å². The lowest BCUT2D eigenvalue weighted by Crippen LogP contribution is -2.18. The second-order valence-corrected chi connectivity index (χ2v) is 6.74. The van der Waals surface area contributed by atoms with Crippen molar-refractivity contribution in [3.8, 4) is 11.5 Å². The van der Waals surface area contributed by atoms with Crippen LogP contribution >= 0.6 is 27.5 Å². The van der Waals surface area contributed by atoms with E-state index in [-0.39, 0.29) is 5.41 Å². The number of hydrogen-bond donors (Lipinski definition) is 0. The number of ether oxygens (including phenoxy) is 2. The normalized spacial score (nSPS) is 24.6. The van der Waals surface area contributed by atoms with Crippen LogP contribution in [0.15, 0.2) is 6.07 Å². The van der Waals surface area contributed by atoms with Crippen LogP contribution in [0, 0.1) is 0 Å². The Balaban J connectivity index is 2.28. The standard InChI is InChI=1S/C13H14BrClO2/c1-13(2)6-7(14)10-11(13)8(15)5-9-12(10)17-4-3-16-9/h5,7H,3-4,6H2,1-2H3. The van der Waals surface area contributed by atoms with E-state index in [2.05, 4.69) is 29.8 Å². The summed E-state index contributed by atoms with van der Waals surface area (Å²) in [6.45, 7) is 5.64. The summed E-state index contributed by atoms with van der Waals surface area (Å²) in [6.07, 6.45) is 1.03. The Morgan fingerprint density at radius 3 is 2.82 bits per heavy atom. The van der Waals surface area contributed by atoms with Gasteiger partial charge in [-0.15, -0.1) is 0 Å². The molecule has 17 heavy (non-hydrogen) atoms. The van der Waals surface area contributed by atoms with Crippen molar-refractivity contribution in [3.63, 3.8) is 0 Å². The molecule has 0 saturated heterocycles. The van der Waals surface area contributed by atoms with Gasteiger partial charge in [-0.2, -0.15) is 0 Å². The fourth-order valence-corrected chi connectivity index (χ4v) is 4.52. The monoisotopic (exact) mass is 316 g/mol. The quantitative estimate of drug-likeness (QED) is 0.667. The molecule has 0 spiro atoms. The summed E-state index contributed by atoms with van der Waals surface area (Å²) in [7, 11) is 0. The third kappa shape index (κ3) is 1.66. The van der Waals surface area contributed by atoms with Crippen LogP contribution in [0.1, 0.15) is 36.2 Å². The average molecular weight is 318 g/mol. The van der Waals surface area contributed by atoms with Crippen LogP contribution < -0.4 is 9.47 Å². The van der Waals surface area contributed by atoms with Crippen molar-refractivity contribution in [1.82, 2.24) is 0 Å². The fraction of sp³-hybridized carbons (Fsp3) is 0.538. The number of halogens is 2. The topological polar surface area (TPSA) is 18.5 Å². The first kappa shape index (κ1) is 11.7. The van der Waals surface area contributed by atoms with E-state index in [0.29, 0.717) is 18.0 Å². The summed E-state index contributed by atoms with van der Waals surface area (Å²) in [5.41, 5.74) is 2.46. The highest BCUT2D eigenvalue weighted by Gasteiger charge is 2.41. The predicted molar refractivity (Wildman–Crippen MR) is 71.8 cm³/mol. The molecule has 1 heterocycles. The summed E-state index contributed by atoms with van der Waals surface area (Å²) in [5, 5.41) is 0.788. The molecule has 2 nitrogen and oxygen atoms in total. The summed E-state index contributed by atoms with van der Waals surface area (Å²) < 4.78 is 11.4. The fourth-order valence-electron chi connectivity index (χ4n) is 2.82. The van der Waals surface area contributed by atoms with Gasteiger partial charge in [-0.05, 0) is 17.4 Å². The summed E-state index contributed by atoms with van der Waals surface area (Å²) in [4.78, 5) is 0.293. The van der Waals surface area contributed by atoms with Crippen molar-refractivity contribution >= 4 is 27.5 Å². The van der Waals surface area contributed by atoms with Gasteiger partial charge >= 0.3 is 0 Å². The third-order valence-corrected chi connectivity index (χ3v) is 4.58. The second kappa shape index (κ2) is 3.79. The molecule has 4 heteroatoms. The van der Waals surface area contributed by atoms with Gasteiger partial charge in [0.1, 0.15) is 13.2 Å². The van der Waals surface area contributed by atoms with Gasteiger partial charge in [0.2, 0.25) is 0 Å². The van der Waals surface area contributed by atoms with Crippen LogP contribution in [0.3, 0.4) is 0 Å². The van der Waals surface area contributed by atoms with Crippen LogP contribution in [0.4, 0.5) is 0 Å². The van der Waals surface area contributed by atoms with E-state index in [0.717, 1.165) is 22.9 Å². The minimum Gasteiger partial charge on any atom is -0.486 e. The molecule has 1 aromatic rings. The maximum absolute atomic E-state index is 6.40. The molecule has 1 aliphatic heterocycles. The number of rotatable bonds is 0. The maximum atomic E-state index is 6.40. The van der Waals surface area contributed by atoms with Crippen molar-refractivity contribution in [1.29, 1.82) is 0 Å². The van der Waals surface area contributed by atoms with Gasteiger partial charge in [-0.25, -0.2) is 0 Å². The van der Waals surface area contributed by atoms with Gasteiger partial charge in [0.25, 0.3) is 0 Å². The van der Waals surface area contributed by atoms with Gasteiger partial charge < -0.3 is 9.47 Å². The van der Waals surface area contributed by atoms with Crippen LogP contribution in [0.25, 0.3) is 0 Å². The van der Waals surface area contributed by atoms with E-state index < -0.39 is 0 Å². The number of alkyl halides is 1. The van der Waals surface area contributed by atoms with Gasteiger partial charge in [-0.1, -0.05) is 41.4 Å². The van der Waals surface area contributed by atoms with Crippen molar-refractivity contribution in [2.24, 2.45) is 0 Å². The highest BCUT2D eigenvalue weighted by Crippen LogP contribution is 2.57. The van der Waals surface area contributed by atoms with Crippen molar-refractivity contribution in [2.45, 2.75) is 30.5 Å². The summed E-state index contributed by atoms with van der Waals surface area (Å²) in [5.74, 6) is 1.66. The molecular formula is C13H14BrClO2. The Kier molecular flexibility index (Phi) is 2.60. The smallest absolute Gasteiger partial charge is 0.166 e. The van der Waals surface area contributed by atoms with Gasteiger partial charge in [0.15, 0.2) is 11.5 Å². The van der Waals surface area contributed by atoms with E-state index in [9.17, 15) is 0 Å². The van der Waals surface area contributed by atoms with E-state index in [1.54, 1.807) is 0 Å². The van der Waals surface area contributed by atoms with Crippen molar-refractivity contribution < 1.29 is 9.47 Å². The molecule has 1 unspecified atom stereocenters. The molecule has 0 radical (unpaired) electrons. The largest absolute Gasteiger partial charge is 0.486 e. The molecule has 0 amide bonds. The van der Waals surface area contributed by atoms with Crippen molar-refractivity contribution in [3.05, 3.63) is 22.2 Å². The zero-order chi connectivity index (χ0) is 12.2. The predicted octanol–water partition coefficient (Wildman–Crippen LogP) is 4.23. The zero-order valence-electron chi connectivity index (χ0n) is 9.85. The van der Waals surface area contributed by atoms with Gasteiger partial charge in [0, 0.05) is 21.5 Å². The Morgan fingerprint density at radius 1 is 1.35 bits per heavy atom. The molecule has 3 rings (SSSR count). The second-order valence-electron chi connectivity index (χ2n) is 5.23. The first-order valence-electron chi connectivity index (χ1n) is 5.77. The van der Waals surface area contributed by atoms with Gasteiger partial charge in [0.05, 0.1) is 0 Å². The minimum absolute atomic E-state index is 0.0798. The number of benzene rings is 1. The Morgan fingerprint density at radius 2 is 2.06 bits per heavy atom. The van der Waals surface area contributed by atoms with E-state index in [1.807, 2.05) is 6.07 Å². The average Bonchev–Trinajstić information content (AvgIpc) is 2.50.